The molecule has 0 aliphatic heterocycles. The van der Waals surface area contributed by atoms with Gasteiger partial charge in [0.2, 0.25) is 0 Å². The Balaban J connectivity index is 2.28. The van der Waals surface area contributed by atoms with Gasteiger partial charge in [0.05, 0.1) is 12.3 Å². The maximum atomic E-state index is 13.1. The average molecular weight is 260 g/mol. The summed E-state index contributed by atoms with van der Waals surface area (Å²) in [7, 11) is 1.57. The second-order valence-corrected chi connectivity index (χ2v) is 4.04. The first kappa shape index (κ1) is 13.2. The van der Waals surface area contributed by atoms with Crippen molar-refractivity contribution in [1.29, 1.82) is 0 Å². The summed E-state index contributed by atoms with van der Waals surface area (Å²) >= 11 is 0. The van der Waals surface area contributed by atoms with Gasteiger partial charge in [-0.2, -0.15) is 0 Å². The van der Waals surface area contributed by atoms with Crippen LogP contribution in [0.5, 0.6) is 0 Å². The van der Waals surface area contributed by atoms with Crippen LogP contribution in [0.2, 0.25) is 0 Å². The van der Waals surface area contributed by atoms with Gasteiger partial charge in [-0.15, -0.1) is 0 Å². The van der Waals surface area contributed by atoms with Gasteiger partial charge in [0.25, 0.3) is 5.91 Å². The minimum Gasteiger partial charge on any atom is -0.390 e. The quantitative estimate of drug-likeness (QED) is 0.918. The first-order valence-corrected chi connectivity index (χ1v) is 5.71. The molecule has 2 rings (SSSR count). The highest BCUT2D eigenvalue weighted by molar-refractivity contribution is 6.05. The molecule has 4 nitrogen and oxygen atoms in total. The molecule has 0 fully saturated rings. The van der Waals surface area contributed by atoms with Crippen molar-refractivity contribution in [3.8, 4) is 0 Å². The maximum absolute atomic E-state index is 13.1. The van der Waals surface area contributed by atoms with Crippen molar-refractivity contribution >= 4 is 11.6 Å². The molecule has 0 aliphatic carbocycles. The predicted molar refractivity (Wildman–Crippen MR) is 69.3 cm³/mol. The van der Waals surface area contributed by atoms with Crippen LogP contribution in [0.4, 0.5) is 10.1 Å². The van der Waals surface area contributed by atoms with Crippen molar-refractivity contribution in [2.45, 2.75) is 6.61 Å². The molecule has 2 aromatic rings. The molecule has 1 N–H and O–H groups in total. The van der Waals surface area contributed by atoms with Crippen LogP contribution < -0.4 is 4.90 Å². The van der Waals surface area contributed by atoms with E-state index in [0.29, 0.717) is 16.9 Å². The number of pyridine rings is 1. The van der Waals surface area contributed by atoms with E-state index < -0.39 is 5.82 Å². The number of carbonyl (C=O) groups excluding carboxylic acids is 1. The summed E-state index contributed by atoms with van der Waals surface area (Å²) in [5, 5.41) is 9.00. The molecule has 0 bridgehead atoms. The third-order valence-corrected chi connectivity index (χ3v) is 2.73. The third-order valence-electron chi connectivity index (χ3n) is 2.73. The van der Waals surface area contributed by atoms with Gasteiger partial charge in [-0.1, -0.05) is 6.07 Å². The van der Waals surface area contributed by atoms with Crippen LogP contribution in [0.3, 0.4) is 0 Å². The van der Waals surface area contributed by atoms with Crippen LogP contribution in [0.15, 0.2) is 42.6 Å². The molecule has 0 saturated carbocycles. The molecule has 19 heavy (non-hydrogen) atoms. The van der Waals surface area contributed by atoms with E-state index in [2.05, 4.69) is 4.98 Å². The summed E-state index contributed by atoms with van der Waals surface area (Å²) in [4.78, 5) is 17.5. The molecule has 0 unspecified atom stereocenters. The normalized spacial score (nSPS) is 10.3. The zero-order valence-corrected chi connectivity index (χ0v) is 10.4. The zero-order chi connectivity index (χ0) is 13.8. The first-order valence-electron chi connectivity index (χ1n) is 5.71. The summed E-state index contributed by atoms with van der Waals surface area (Å²) < 4.78 is 13.1. The topological polar surface area (TPSA) is 53.4 Å². The van der Waals surface area contributed by atoms with Crippen LogP contribution in [0, 0.1) is 5.82 Å². The lowest BCUT2D eigenvalue weighted by molar-refractivity contribution is 0.0992. The molecule has 0 spiro atoms. The fraction of sp³-hybridized carbons (Fsp3) is 0.143. The fourth-order valence-electron chi connectivity index (χ4n) is 1.69. The van der Waals surface area contributed by atoms with Crippen molar-refractivity contribution < 1.29 is 14.3 Å². The summed E-state index contributed by atoms with van der Waals surface area (Å²) in [5.74, 6) is -0.689. The second-order valence-electron chi connectivity index (χ2n) is 4.04. The van der Waals surface area contributed by atoms with Crippen molar-refractivity contribution in [3.05, 3.63) is 59.7 Å². The highest BCUT2D eigenvalue weighted by atomic mass is 19.1. The maximum Gasteiger partial charge on any atom is 0.258 e. The van der Waals surface area contributed by atoms with Gasteiger partial charge in [-0.25, -0.2) is 4.39 Å². The van der Waals surface area contributed by atoms with E-state index in [4.69, 9.17) is 5.11 Å². The number of hydrogen-bond donors (Lipinski definition) is 1. The minimum atomic E-state index is -0.400. The van der Waals surface area contributed by atoms with Gasteiger partial charge in [0, 0.05) is 24.5 Å². The molecule has 1 aromatic heterocycles. The highest BCUT2D eigenvalue weighted by Crippen LogP contribution is 2.16. The van der Waals surface area contributed by atoms with E-state index in [1.165, 1.54) is 29.3 Å². The second kappa shape index (κ2) is 5.58. The van der Waals surface area contributed by atoms with Crippen LogP contribution >= 0.6 is 0 Å². The van der Waals surface area contributed by atoms with Crippen molar-refractivity contribution in [1.82, 2.24) is 4.98 Å². The number of hydrogen-bond acceptors (Lipinski definition) is 3. The van der Waals surface area contributed by atoms with Gasteiger partial charge >= 0.3 is 0 Å². The number of nitrogens with zero attached hydrogens (tertiary/aromatic N) is 2. The molecule has 0 atom stereocenters. The SMILES string of the molecule is CN(C(=O)c1ccnc(CO)c1)c1cccc(F)c1. The Morgan fingerprint density at radius 1 is 1.37 bits per heavy atom. The number of halogens is 1. The van der Waals surface area contributed by atoms with Gasteiger partial charge in [-0.3, -0.25) is 9.78 Å². The standard InChI is InChI=1S/C14H13FN2O2/c1-17(13-4-2-3-11(15)8-13)14(19)10-5-6-16-12(7-10)9-18/h2-8,18H,9H2,1H3. The number of aromatic nitrogens is 1. The number of benzene rings is 1. The Kier molecular flexibility index (Phi) is 3.87. The number of rotatable bonds is 3. The highest BCUT2D eigenvalue weighted by Gasteiger charge is 2.14. The Morgan fingerprint density at radius 3 is 2.84 bits per heavy atom. The van der Waals surface area contributed by atoms with Crippen LogP contribution in [0.25, 0.3) is 0 Å². The summed E-state index contributed by atoms with van der Waals surface area (Å²) in [6.07, 6.45) is 1.46. The van der Waals surface area contributed by atoms with Gasteiger partial charge in [0.1, 0.15) is 5.82 Å². The minimum absolute atomic E-state index is 0.231. The van der Waals surface area contributed by atoms with Gasteiger partial charge in [-0.05, 0) is 30.3 Å². The van der Waals surface area contributed by atoms with E-state index in [9.17, 15) is 9.18 Å². The van der Waals surface area contributed by atoms with Crippen molar-refractivity contribution in [3.63, 3.8) is 0 Å². The van der Waals surface area contributed by atoms with Gasteiger partial charge in [0.15, 0.2) is 0 Å². The number of anilines is 1. The van der Waals surface area contributed by atoms with Crippen LogP contribution in [0.1, 0.15) is 16.1 Å². The molecule has 0 aliphatic rings. The summed E-state index contributed by atoms with van der Waals surface area (Å²) in [5.41, 5.74) is 1.27. The zero-order valence-electron chi connectivity index (χ0n) is 10.4. The molecule has 98 valence electrons. The molecule has 1 amide bonds. The number of aliphatic hydroxyl groups excluding tert-OH is 1. The number of aliphatic hydroxyl groups is 1. The van der Waals surface area contributed by atoms with Crippen LogP contribution in [-0.2, 0) is 6.61 Å². The Labute approximate surface area is 110 Å². The monoisotopic (exact) mass is 260 g/mol. The number of amides is 1. The third kappa shape index (κ3) is 2.95. The molecule has 0 saturated heterocycles. The van der Waals surface area contributed by atoms with E-state index in [-0.39, 0.29) is 12.5 Å². The average Bonchev–Trinajstić information content (AvgIpc) is 2.45. The molecule has 1 heterocycles. The Morgan fingerprint density at radius 2 is 2.16 bits per heavy atom. The smallest absolute Gasteiger partial charge is 0.258 e. The molecular formula is C14H13FN2O2. The van der Waals surface area contributed by atoms with Crippen LogP contribution in [-0.4, -0.2) is 23.0 Å². The fourth-order valence-corrected chi connectivity index (χ4v) is 1.69. The van der Waals surface area contributed by atoms with Crippen molar-refractivity contribution in [2.24, 2.45) is 0 Å². The van der Waals surface area contributed by atoms with E-state index in [1.807, 2.05) is 0 Å². The first-order chi connectivity index (χ1) is 9.11. The van der Waals surface area contributed by atoms with E-state index in [1.54, 1.807) is 25.2 Å². The molecule has 1 aromatic carbocycles. The lowest BCUT2D eigenvalue weighted by Crippen LogP contribution is -2.26. The van der Waals surface area contributed by atoms with Crippen molar-refractivity contribution in [2.75, 3.05) is 11.9 Å². The molecular weight excluding hydrogens is 247 g/mol. The summed E-state index contributed by atoms with van der Waals surface area (Å²) in [6, 6.07) is 8.86. The Hall–Kier alpha value is -2.27. The largest absolute Gasteiger partial charge is 0.390 e. The molecule has 0 radical (unpaired) electrons. The predicted octanol–water partition coefficient (Wildman–Crippen LogP) is 1.99. The Bertz CT molecular complexity index is 602. The lowest BCUT2D eigenvalue weighted by atomic mass is 10.2. The van der Waals surface area contributed by atoms with E-state index in [0.717, 1.165) is 0 Å². The summed E-state index contributed by atoms with van der Waals surface area (Å²) in [6.45, 7) is -0.231. The molecule has 5 heteroatoms. The van der Waals surface area contributed by atoms with E-state index >= 15 is 0 Å². The number of carbonyl (C=O) groups is 1. The lowest BCUT2D eigenvalue weighted by Gasteiger charge is -2.17. The van der Waals surface area contributed by atoms with Gasteiger partial charge < -0.3 is 10.0 Å².